The van der Waals surface area contributed by atoms with Gasteiger partial charge < -0.3 is 10.6 Å². The zero-order valence-corrected chi connectivity index (χ0v) is 17.3. The minimum Gasteiger partial charge on any atom is -0.350 e. The van der Waals surface area contributed by atoms with E-state index in [2.05, 4.69) is 49.9 Å². The summed E-state index contributed by atoms with van der Waals surface area (Å²) in [5.74, 6) is 1.55. The van der Waals surface area contributed by atoms with Crippen LogP contribution in [0, 0.1) is 0 Å². The standard InChI is InChI=1S/C17H22N8.HI/c1-13(14-6-4-7-15(10-14)25-9-5-8-21-25)23-17(18-2)19-11-16-20-12-22-24(16)3;/h4-10,12-13H,11H2,1-3H3,(H2,18,19,23);1H. The van der Waals surface area contributed by atoms with Crippen molar-refractivity contribution in [2.45, 2.75) is 19.5 Å². The Bertz CT molecular complexity index is 840. The summed E-state index contributed by atoms with van der Waals surface area (Å²) >= 11 is 0. The second-order valence-electron chi connectivity index (χ2n) is 5.64. The van der Waals surface area contributed by atoms with Gasteiger partial charge in [0.15, 0.2) is 5.96 Å². The van der Waals surface area contributed by atoms with Crippen LogP contribution >= 0.6 is 24.0 Å². The van der Waals surface area contributed by atoms with E-state index in [0.717, 1.165) is 17.1 Å². The molecule has 0 bridgehead atoms. The lowest BCUT2D eigenvalue weighted by Gasteiger charge is -2.18. The van der Waals surface area contributed by atoms with Crippen LogP contribution < -0.4 is 10.6 Å². The first-order valence-corrected chi connectivity index (χ1v) is 8.07. The number of benzene rings is 1. The van der Waals surface area contributed by atoms with Gasteiger partial charge in [0.2, 0.25) is 0 Å². The van der Waals surface area contributed by atoms with Crippen molar-refractivity contribution in [2.75, 3.05) is 7.05 Å². The third-order valence-electron chi connectivity index (χ3n) is 3.94. The van der Waals surface area contributed by atoms with Gasteiger partial charge in [-0.2, -0.15) is 10.2 Å². The molecule has 1 atom stereocenters. The first-order chi connectivity index (χ1) is 12.2. The molecule has 26 heavy (non-hydrogen) atoms. The SMILES string of the molecule is CN=C(NCc1ncnn1C)NC(C)c1cccc(-n2cccn2)c1.I. The summed E-state index contributed by atoms with van der Waals surface area (Å²) in [5.41, 5.74) is 2.17. The summed E-state index contributed by atoms with van der Waals surface area (Å²) in [6.07, 6.45) is 5.24. The molecule has 3 rings (SSSR count). The quantitative estimate of drug-likeness (QED) is 0.342. The van der Waals surface area contributed by atoms with Crippen LogP contribution in [0.1, 0.15) is 24.4 Å². The van der Waals surface area contributed by atoms with Gasteiger partial charge in [-0.1, -0.05) is 12.1 Å². The predicted molar refractivity (Wildman–Crippen MR) is 112 cm³/mol. The molecule has 0 amide bonds. The molecule has 0 saturated carbocycles. The maximum atomic E-state index is 4.28. The third kappa shape index (κ3) is 4.81. The van der Waals surface area contributed by atoms with Gasteiger partial charge in [-0.3, -0.25) is 9.67 Å². The number of aryl methyl sites for hydroxylation is 1. The van der Waals surface area contributed by atoms with E-state index in [0.29, 0.717) is 12.5 Å². The number of hydrogen-bond donors (Lipinski definition) is 2. The van der Waals surface area contributed by atoms with Crippen LogP contribution in [0.5, 0.6) is 0 Å². The molecule has 0 saturated heterocycles. The summed E-state index contributed by atoms with van der Waals surface area (Å²) in [5, 5.41) is 15.0. The molecular weight excluding hydrogens is 443 g/mol. The zero-order chi connectivity index (χ0) is 17.6. The van der Waals surface area contributed by atoms with E-state index in [1.165, 1.54) is 6.33 Å². The predicted octanol–water partition coefficient (Wildman–Crippen LogP) is 2.04. The van der Waals surface area contributed by atoms with Crippen molar-refractivity contribution in [3.63, 3.8) is 0 Å². The van der Waals surface area contributed by atoms with E-state index in [1.54, 1.807) is 17.9 Å². The summed E-state index contributed by atoms with van der Waals surface area (Å²) in [6, 6.07) is 10.2. The Hall–Kier alpha value is -2.43. The fourth-order valence-electron chi connectivity index (χ4n) is 2.48. The minimum atomic E-state index is 0. The molecule has 1 unspecified atom stereocenters. The van der Waals surface area contributed by atoms with Crippen LogP contribution in [0.25, 0.3) is 5.69 Å². The summed E-state index contributed by atoms with van der Waals surface area (Å²) in [7, 11) is 3.61. The molecule has 8 nitrogen and oxygen atoms in total. The largest absolute Gasteiger partial charge is 0.350 e. The van der Waals surface area contributed by atoms with E-state index in [4.69, 9.17) is 0 Å². The third-order valence-corrected chi connectivity index (χ3v) is 3.94. The molecule has 2 N–H and O–H groups in total. The highest BCUT2D eigenvalue weighted by Gasteiger charge is 2.10. The zero-order valence-electron chi connectivity index (χ0n) is 15.0. The molecule has 0 radical (unpaired) electrons. The van der Waals surface area contributed by atoms with Crippen molar-refractivity contribution >= 4 is 29.9 Å². The van der Waals surface area contributed by atoms with Gasteiger partial charge in [-0.05, 0) is 30.7 Å². The van der Waals surface area contributed by atoms with Gasteiger partial charge in [0.25, 0.3) is 0 Å². The van der Waals surface area contributed by atoms with Gasteiger partial charge in [0, 0.05) is 26.5 Å². The van der Waals surface area contributed by atoms with Crippen molar-refractivity contribution in [3.8, 4) is 5.69 Å². The Balaban J connectivity index is 0.00000243. The maximum Gasteiger partial charge on any atom is 0.191 e. The summed E-state index contributed by atoms with van der Waals surface area (Å²) in [4.78, 5) is 8.47. The molecule has 0 aliphatic rings. The van der Waals surface area contributed by atoms with Gasteiger partial charge in [-0.15, -0.1) is 24.0 Å². The molecule has 9 heteroatoms. The smallest absolute Gasteiger partial charge is 0.191 e. The lowest BCUT2D eigenvalue weighted by Crippen LogP contribution is -2.38. The monoisotopic (exact) mass is 466 g/mol. The highest BCUT2D eigenvalue weighted by molar-refractivity contribution is 14.0. The van der Waals surface area contributed by atoms with Gasteiger partial charge >= 0.3 is 0 Å². The molecule has 0 fully saturated rings. The van der Waals surface area contributed by atoms with Crippen LogP contribution in [0.3, 0.4) is 0 Å². The Kier molecular flexibility index (Phi) is 7.13. The molecule has 0 aliphatic carbocycles. The lowest BCUT2D eigenvalue weighted by molar-refractivity contribution is 0.650. The van der Waals surface area contributed by atoms with Crippen molar-refractivity contribution in [1.29, 1.82) is 0 Å². The molecule has 2 heterocycles. The first kappa shape index (κ1) is 19.9. The fraction of sp³-hybridized carbons (Fsp3) is 0.294. The molecular formula is C17H23IN8. The maximum absolute atomic E-state index is 4.28. The summed E-state index contributed by atoms with van der Waals surface area (Å²) < 4.78 is 3.58. The van der Waals surface area contributed by atoms with Gasteiger partial charge in [0.1, 0.15) is 12.2 Å². The Morgan fingerprint density at radius 3 is 2.77 bits per heavy atom. The molecule has 3 aromatic rings. The second kappa shape index (κ2) is 9.32. The highest BCUT2D eigenvalue weighted by atomic mass is 127. The lowest BCUT2D eigenvalue weighted by atomic mass is 10.1. The average molecular weight is 466 g/mol. The van der Waals surface area contributed by atoms with E-state index >= 15 is 0 Å². The van der Waals surface area contributed by atoms with Crippen LogP contribution in [0.4, 0.5) is 0 Å². The number of hydrogen-bond acceptors (Lipinski definition) is 4. The van der Waals surface area contributed by atoms with Crippen molar-refractivity contribution in [1.82, 2.24) is 35.2 Å². The topological polar surface area (TPSA) is 85.0 Å². The van der Waals surface area contributed by atoms with Gasteiger partial charge in [-0.25, -0.2) is 9.67 Å². The molecule has 2 aromatic heterocycles. The molecule has 0 aliphatic heterocycles. The van der Waals surface area contributed by atoms with Gasteiger partial charge in [0.05, 0.1) is 18.3 Å². The van der Waals surface area contributed by atoms with Crippen LogP contribution in [0.2, 0.25) is 0 Å². The van der Waals surface area contributed by atoms with Crippen molar-refractivity contribution in [3.05, 3.63) is 60.4 Å². The number of nitrogens with one attached hydrogen (secondary N) is 2. The highest BCUT2D eigenvalue weighted by Crippen LogP contribution is 2.16. The average Bonchev–Trinajstić information content (AvgIpc) is 3.30. The fourth-order valence-corrected chi connectivity index (χ4v) is 2.48. The van der Waals surface area contributed by atoms with Crippen LogP contribution in [0.15, 0.2) is 54.0 Å². The normalized spacial score (nSPS) is 12.3. The Labute approximate surface area is 169 Å². The summed E-state index contributed by atoms with van der Waals surface area (Å²) in [6.45, 7) is 2.65. The minimum absolute atomic E-state index is 0. The first-order valence-electron chi connectivity index (χ1n) is 8.07. The Morgan fingerprint density at radius 2 is 2.12 bits per heavy atom. The number of aliphatic imine (C=N–C) groups is 1. The Morgan fingerprint density at radius 1 is 1.27 bits per heavy atom. The molecule has 1 aromatic carbocycles. The van der Waals surface area contributed by atoms with Crippen LogP contribution in [-0.2, 0) is 13.6 Å². The van der Waals surface area contributed by atoms with Crippen molar-refractivity contribution in [2.24, 2.45) is 12.0 Å². The van der Waals surface area contributed by atoms with E-state index in [9.17, 15) is 0 Å². The molecule has 138 valence electrons. The van der Waals surface area contributed by atoms with Crippen molar-refractivity contribution < 1.29 is 0 Å². The van der Waals surface area contributed by atoms with E-state index < -0.39 is 0 Å². The second-order valence-corrected chi connectivity index (χ2v) is 5.64. The number of guanidine groups is 1. The van der Waals surface area contributed by atoms with E-state index in [-0.39, 0.29) is 30.0 Å². The number of rotatable bonds is 5. The number of aromatic nitrogens is 5. The number of nitrogens with zero attached hydrogens (tertiary/aromatic N) is 6. The van der Waals surface area contributed by atoms with E-state index in [1.807, 2.05) is 36.1 Å². The van der Waals surface area contributed by atoms with Crippen LogP contribution in [-0.4, -0.2) is 37.6 Å². The molecule has 0 spiro atoms. The number of halogens is 1.